The van der Waals surface area contributed by atoms with Gasteiger partial charge in [0.2, 0.25) is 0 Å². The predicted molar refractivity (Wildman–Crippen MR) is 71.9 cm³/mol. The van der Waals surface area contributed by atoms with Crippen LogP contribution < -0.4 is 0 Å². The van der Waals surface area contributed by atoms with Crippen LogP contribution in [0.5, 0.6) is 0 Å². The Bertz CT molecular complexity index is 427. The van der Waals surface area contributed by atoms with E-state index in [4.69, 9.17) is 4.74 Å². The van der Waals surface area contributed by atoms with E-state index in [1.165, 1.54) is 17.0 Å². The molecule has 0 N–H and O–H groups in total. The third-order valence-corrected chi connectivity index (χ3v) is 3.59. The number of nitrogens with zero attached hydrogens (tertiary/aromatic N) is 4. The molecule has 1 aromatic heterocycles. The Balaban J connectivity index is 1.82. The van der Waals surface area contributed by atoms with Gasteiger partial charge in [-0.05, 0) is 0 Å². The monoisotopic (exact) mass is 306 g/mol. The number of hydrogen-bond donors (Lipinski definition) is 0. The predicted octanol–water partition coefficient (Wildman–Crippen LogP) is 1.21. The highest BCUT2D eigenvalue weighted by Gasteiger charge is 2.29. The Labute approximate surface area is 122 Å². The number of imidazole rings is 1. The summed E-state index contributed by atoms with van der Waals surface area (Å²) in [4.78, 5) is 8.48. The summed E-state index contributed by atoms with van der Waals surface area (Å²) in [5.41, 5.74) is 0. The highest BCUT2D eigenvalue weighted by Crippen LogP contribution is 2.19. The van der Waals surface area contributed by atoms with Crippen molar-refractivity contribution in [2.45, 2.75) is 19.3 Å². The van der Waals surface area contributed by atoms with Crippen molar-refractivity contribution in [3.63, 3.8) is 0 Å². The number of hydrogen-bond acceptors (Lipinski definition) is 4. The smallest absolute Gasteiger partial charge is 0.383 e. The lowest BCUT2D eigenvalue weighted by Gasteiger charge is -2.34. The maximum Gasteiger partial charge on any atom is 0.406 e. The Morgan fingerprint density at radius 1 is 1.19 bits per heavy atom. The Morgan fingerprint density at radius 2 is 1.86 bits per heavy atom. The molecule has 1 aliphatic rings. The molecule has 8 heteroatoms. The molecule has 2 rings (SSSR count). The molecule has 5 nitrogen and oxygen atoms in total. The molecule has 0 aromatic carbocycles. The first-order valence-corrected chi connectivity index (χ1v) is 6.98. The van der Waals surface area contributed by atoms with Crippen molar-refractivity contribution in [3.05, 3.63) is 18.2 Å². The minimum absolute atomic E-state index is 0.460. The zero-order valence-corrected chi connectivity index (χ0v) is 12.1. The van der Waals surface area contributed by atoms with Crippen LogP contribution >= 0.6 is 0 Å². The second kappa shape index (κ2) is 7.24. The van der Waals surface area contributed by atoms with E-state index in [-0.39, 0.29) is 0 Å². The first kappa shape index (κ1) is 16.3. The number of piperazine rings is 1. The Hall–Kier alpha value is -1.12. The van der Waals surface area contributed by atoms with Gasteiger partial charge >= 0.3 is 6.18 Å². The van der Waals surface area contributed by atoms with Crippen LogP contribution in [0.4, 0.5) is 13.2 Å². The molecule has 21 heavy (non-hydrogen) atoms. The molecule has 0 amide bonds. The number of halogens is 3. The SMILES string of the molecule is COCCN1CCN(Cc2nccn2CC(F)(F)F)CC1. The largest absolute Gasteiger partial charge is 0.406 e. The van der Waals surface area contributed by atoms with Crippen LogP contribution in [0.25, 0.3) is 0 Å². The van der Waals surface area contributed by atoms with Crippen molar-refractivity contribution in [2.24, 2.45) is 0 Å². The Kier molecular flexibility index (Phi) is 5.60. The van der Waals surface area contributed by atoms with E-state index in [9.17, 15) is 13.2 Å². The summed E-state index contributed by atoms with van der Waals surface area (Å²) in [6.07, 6.45) is -1.40. The van der Waals surface area contributed by atoms with Crippen molar-refractivity contribution < 1.29 is 17.9 Å². The van der Waals surface area contributed by atoms with Gasteiger partial charge in [-0.1, -0.05) is 0 Å². The zero-order valence-electron chi connectivity index (χ0n) is 12.1. The van der Waals surface area contributed by atoms with Crippen LogP contribution in [-0.2, 0) is 17.8 Å². The molecule has 0 bridgehead atoms. The molecule has 0 radical (unpaired) electrons. The second-order valence-corrected chi connectivity index (χ2v) is 5.20. The van der Waals surface area contributed by atoms with Gasteiger partial charge in [0.15, 0.2) is 0 Å². The first-order chi connectivity index (χ1) is 9.98. The molecule has 0 unspecified atom stereocenters. The van der Waals surface area contributed by atoms with Crippen molar-refractivity contribution in [2.75, 3.05) is 46.4 Å². The lowest BCUT2D eigenvalue weighted by Crippen LogP contribution is -2.47. The van der Waals surface area contributed by atoms with E-state index in [0.717, 1.165) is 32.7 Å². The van der Waals surface area contributed by atoms with Crippen LogP contribution in [0, 0.1) is 0 Å². The minimum atomic E-state index is -4.21. The molecule has 0 spiro atoms. The fourth-order valence-corrected chi connectivity index (χ4v) is 2.42. The fraction of sp³-hybridized carbons (Fsp3) is 0.769. The summed E-state index contributed by atoms with van der Waals surface area (Å²) in [6.45, 7) is 4.57. The van der Waals surface area contributed by atoms with E-state index < -0.39 is 12.7 Å². The summed E-state index contributed by atoms with van der Waals surface area (Å²) in [5, 5.41) is 0. The average Bonchev–Trinajstić information content (AvgIpc) is 2.83. The molecule has 0 aliphatic carbocycles. The third kappa shape index (κ3) is 5.29. The van der Waals surface area contributed by atoms with Gasteiger partial charge in [-0.3, -0.25) is 9.80 Å². The summed E-state index contributed by atoms with van der Waals surface area (Å²) >= 11 is 0. The standard InChI is InChI=1S/C13H21F3N4O/c1-21-9-8-18-4-6-19(7-5-18)10-12-17-2-3-20(12)11-13(14,15)16/h2-3H,4-11H2,1H3. The van der Waals surface area contributed by atoms with Crippen LogP contribution in [0.2, 0.25) is 0 Å². The lowest BCUT2D eigenvalue weighted by atomic mass is 10.3. The summed E-state index contributed by atoms with van der Waals surface area (Å²) < 4.78 is 43.6. The molecule has 1 aromatic rings. The molecule has 0 atom stereocenters. The van der Waals surface area contributed by atoms with Crippen LogP contribution in [0.1, 0.15) is 5.82 Å². The maximum atomic E-state index is 12.5. The van der Waals surface area contributed by atoms with E-state index in [0.29, 0.717) is 19.0 Å². The van der Waals surface area contributed by atoms with E-state index >= 15 is 0 Å². The molecule has 2 heterocycles. The topological polar surface area (TPSA) is 33.5 Å². The van der Waals surface area contributed by atoms with Crippen molar-refractivity contribution in [1.82, 2.24) is 19.4 Å². The molecule has 1 aliphatic heterocycles. The normalized spacial score (nSPS) is 18.3. The summed E-state index contributed by atoms with van der Waals surface area (Å²) in [6, 6.07) is 0. The number of rotatable bonds is 6. The Morgan fingerprint density at radius 3 is 2.48 bits per heavy atom. The number of alkyl halides is 3. The third-order valence-electron chi connectivity index (χ3n) is 3.59. The maximum absolute atomic E-state index is 12.5. The highest BCUT2D eigenvalue weighted by atomic mass is 19.4. The zero-order chi connectivity index (χ0) is 15.3. The van der Waals surface area contributed by atoms with Crippen LogP contribution in [-0.4, -0.2) is 72.0 Å². The number of ether oxygens (including phenoxy) is 1. The molecule has 1 fully saturated rings. The van der Waals surface area contributed by atoms with Gasteiger partial charge in [-0.25, -0.2) is 4.98 Å². The number of aromatic nitrogens is 2. The van der Waals surface area contributed by atoms with E-state index in [1.54, 1.807) is 7.11 Å². The lowest BCUT2D eigenvalue weighted by molar-refractivity contribution is -0.141. The molecule has 120 valence electrons. The van der Waals surface area contributed by atoms with Crippen LogP contribution in [0.3, 0.4) is 0 Å². The summed E-state index contributed by atoms with van der Waals surface area (Å²) in [5.74, 6) is 0.470. The highest BCUT2D eigenvalue weighted by molar-refractivity contribution is 4.94. The van der Waals surface area contributed by atoms with Crippen molar-refractivity contribution in [1.29, 1.82) is 0 Å². The van der Waals surface area contributed by atoms with E-state index in [2.05, 4.69) is 14.8 Å². The van der Waals surface area contributed by atoms with Gasteiger partial charge in [0.05, 0.1) is 13.2 Å². The second-order valence-electron chi connectivity index (χ2n) is 5.20. The van der Waals surface area contributed by atoms with Crippen molar-refractivity contribution >= 4 is 0 Å². The van der Waals surface area contributed by atoms with Crippen LogP contribution in [0.15, 0.2) is 12.4 Å². The van der Waals surface area contributed by atoms with Gasteiger partial charge in [0, 0.05) is 52.2 Å². The number of methoxy groups -OCH3 is 1. The van der Waals surface area contributed by atoms with E-state index in [1.807, 2.05) is 0 Å². The molecule has 1 saturated heterocycles. The molecular weight excluding hydrogens is 285 g/mol. The molecule has 0 saturated carbocycles. The first-order valence-electron chi connectivity index (χ1n) is 6.98. The summed E-state index contributed by atoms with van der Waals surface area (Å²) in [7, 11) is 1.68. The van der Waals surface area contributed by atoms with Gasteiger partial charge in [-0.2, -0.15) is 13.2 Å². The van der Waals surface area contributed by atoms with Gasteiger partial charge in [0.25, 0.3) is 0 Å². The van der Waals surface area contributed by atoms with Gasteiger partial charge < -0.3 is 9.30 Å². The average molecular weight is 306 g/mol. The fourth-order valence-electron chi connectivity index (χ4n) is 2.42. The molecular formula is C13H21F3N4O. The quantitative estimate of drug-likeness (QED) is 0.791. The minimum Gasteiger partial charge on any atom is -0.383 e. The van der Waals surface area contributed by atoms with Gasteiger partial charge in [-0.15, -0.1) is 0 Å². The van der Waals surface area contributed by atoms with Gasteiger partial charge in [0.1, 0.15) is 12.4 Å². The van der Waals surface area contributed by atoms with Crippen molar-refractivity contribution in [3.8, 4) is 0 Å².